The maximum absolute atomic E-state index is 9.58. The van der Waals surface area contributed by atoms with Gasteiger partial charge < -0.3 is 104 Å². The Bertz CT molecular complexity index is 6100. The van der Waals surface area contributed by atoms with Gasteiger partial charge in [-0.1, -0.05) is 115 Å². The van der Waals surface area contributed by atoms with Crippen LogP contribution in [0.1, 0.15) is 226 Å². The monoisotopic (exact) mass is 2080 g/mol. The van der Waals surface area contributed by atoms with Crippen LogP contribution in [0.4, 0.5) is 58.7 Å². The molecule has 0 bridgehead atoms. The lowest BCUT2D eigenvalue weighted by Gasteiger charge is -2.18. The Morgan fingerprint density at radius 1 is 0.441 bits per heavy atom. The Labute approximate surface area is 858 Å². The molecular formula is C97H136BrClN34O8S2. The number of likely N-dealkylation sites (N-methyl/N-ethyl adjacent to an activating group) is 2. The fourth-order valence-electron chi connectivity index (χ4n) is 13.1. The predicted octanol–water partition coefficient (Wildman–Crippen LogP) is 19.4. The summed E-state index contributed by atoms with van der Waals surface area (Å²) < 4.78 is 35.9. The molecule has 0 aliphatic carbocycles. The summed E-state index contributed by atoms with van der Waals surface area (Å²) in [5, 5.41) is 48.5. The van der Waals surface area contributed by atoms with Crippen LogP contribution in [0, 0.1) is 13.8 Å². The number of anilines is 10. The SMILES string of the molecule is CC(C)c1cnc(Br)cc1Oc1cnc(N)nc1NCCN(C)C.CCC(O)CNc1ncc(Oc2cc(OC)ncc2C(C)C)c(N)n1.CCCC(CCO)Nc1ncc(Oc2cc(SC)ncc2C(C)C)c(N)n1.CSc1cc(Oc2cnc(N)nc2NCCN(C)C)c(C(C)C)cn1.Cc1ncc(Cc2cc(Cl)ncc2C(C)C)c(N)n1.Cc1ncc(Oc2cc(C3N=NN=N3)ncc2C(C)C)c(N)n1. The molecule has 12 aromatic heterocycles. The highest BCUT2D eigenvalue weighted by atomic mass is 79.9. The lowest BCUT2D eigenvalue weighted by Crippen LogP contribution is -2.22. The normalized spacial score (nSPS) is 11.9. The molecule has 1 aliphatic heterocycles. The first-order valence-corrected chi connectivity index (χ1v) is 50.2. The number of nitrogen functional groups attached to an aromatic ring is 6. The van der Waals surface area contributed by atoms with Crippen molar-refractivity contribution in [2.45, 2.75) is 207 Å². The largest absolute Gasteiger partial charge is 0.481 e. The van der Waals surface area contributed by atoms with E-state index in [1.165, 1.54) is 11.8 Å². The zero-order valence-electron chi connectivity index (χ0n) is 85.5. The van der Waals surface area contributed by atoms with Crippen LogP contribution in [-0.4, -0.2) is 209 Å². The van der Waals surface area contributed by atoms with Crippen LogP contribution in [-0.2, 0) is 6.42 Å². The first-order chi connectivity index (χ1) is 68.2. The Morgan fingerprint density at radius 2 is 0.860 bits per heavy atom. The highest BCUT2D eigenvalue weighted by molar-refractivity contribution is 9.10. The average molecular weight is 2090 g/mol. The lowest BCUT2D eigenvalue weighted by molar-refractivity contribution is 0.183. The van der Waals surface area contributed by atoms with Crippen molar-refractivity contribution in [1.29, 1.82) is 0 Å². The molecule has 0 saturated heterocycles. The highest BCUT2D eigenvalue weighted by Gasteiger charge is 2.25. The fourth-order valence-corrected chi connectivity index (χ4v) is 14.3. The number of rotatable bonds is 40. The molecule has 12 aromatic rings. The third-order valence-corrected chi connectivity index (χ3v) is 22.9. The van der Waals surface area contributed by atoms with Crippen LogP contribution in [0.15, 0.2) is 146 Å². The number of hydrogen-bond acceptors (Lipinski definition) is 44. The third kappa shape index (κ3) is 36.9. The van der Waals surface area contributed by atoms with E-state index in [2.05, 4.69) is 220 Å². The van der Waals surface area contributed by atoms with Crippen molar-refractivity contribution in [2.24, 2.45) is 20.7 Å². The number of pyridine rings is 6. The minimum absolute atomic E-state index is 0.114. The molecule has 13 heterocycles. The first-order valence-electron chi connectivity index (χ1n) is 46.5. The van der Waals surface area contributed by atoms with E-state index in [9.17, 15) is 10.2 Å². The van der Waals surface area contributed by atoms with Crippen LogP contribution < -0.4 is 84.1 Å². The molecule has 2 unspecified atom stereocenters. The average Bonchev–Trinajstić information content (AvgIpc) is 1.54. The van der Waals surface area contributed by atoms with Crippen molar-refractivity contribution in [1.82, 2.24) is 99.5 Å². The van der Waals surface area contributed by atoms with Crippen molar-refractivity contribution < 1.29 is 38.6 Å². The number of nitrogens with zero attached hydrogens (tertiary/aromatic N) is 24. The number of methoxy groups -OCH3 is 1. The zero-order chi connectivity index (χ0) is 105. The molecule has 143 heavy (non-hydrogen) atoms. The number of ether oxygens (including phenoxy) is 6. The molecule has 18 N–H and O–H groups in total. The van der Waals surface area contributed by atoms with Crippen LogP contribution in [0.25, 0.3) is 0 Å². The molecule has 0 saturated carbocycles. The summed E-state index contributed by atoms with van der Waals surface area (Å²) in [6.45, 7) is 36.2. The fraction of sp³-hybridized carbons (Fsp3) is 0.443. The lowest BCUT2D eigenvalue weighted by atomic mass is 9.95. The van der Waals surface area contributed by atoms with Gasteiger partial charge >= 0.3 is 0 Å². The van der Waals surface area contributed by atoms with Crippen LogP contribution in [0.5, 0.6) is 63.4 Å². The van der Waals surface area contributed by atoms with E-state index < -0.39 is 12.3 Å². The van der Waals surface area contributed by atoms with Crippen molar-refractivity contribution >= 4 is 110 Å². The maximum atomic E-state index is 9.58. The molecule has 13 rings (SSSR count). The molecule has 0 aromatic carbocycles. The van der Waals surface area contributed by atoms with E-state index in [0.29, 0.717) is 146 Å². The van der Waals surface area contributed by atoms with E-state index in [-0.39, 0.29) is 65.7 Å². The summed E-state index contributed by atoms with van der Waals surface area (Å²) in [4.78, 5) is 80.2. The number of aliphatic hydroxyl groups is 2. The number of nitrogens with one attached hydrogen (secondary N) is 4. The minimum atomic E-state index is -0.537. The molecule has 768 valence electrons. The number of halogens is 2. The topological polar surface area (TPSA) is 588 Å². The molecule has 46 heteroatoms. The number of aliphatic hydroxyl groups excluding tert-OH is 2. The van der Waals surface area contributed by atoms with E-state index in [1.54, 1.807) is 99.3 Å². The van der Waals surface area contributed by atoms with Crippen LogP contribution in [0.2, 0.25) is 5.15 Å². The molecule has 42 nitrogen and oxygen atoms in total. The maximum Gasteiger partial charge on any atom is 0.227 e. The third-order valence-electron chi connectivity index (χ3n) is 21.0. The number of thioether (sulfide) groups is 2. The van der Waals surface area contributed by atoms with E-state index >= 15 is 0 Å². The second kappa shape index (κ2) is 57.7. The predicted molar refractivity (Wildman–Crippen MR) is 569 cm³/mol. The summed E-state index contributed by atoms with van der Waals surface area (Å²) in [6, 6.07) is 11.2. The summed E-state index contributed by atoms with van der Waals surface area (Å²) >= 11 is 12.5. The molecule has 2 atom stereocenters. The van der Waals surface area contributed by atoms with Crippen molar-refractivity contribution in [2.75, 3.05) is 143 Å². The summed E-state index contributed by atoms with van der Waals surface area (Å²) in [7, 11) is 9.60. The minimum Gasteiger partial charge on any atom is -0.481 e. The van der Waals surface area contributed by atoms with E-state index in [4.69, 9.17) is 74.4 Å². The van der Waals surface area contributed by atoms with E-state index in [1.807, 2.05) is 125 Å². The quantitative estimate of drug-likeness (QED) is 0.0125. The van der Waals surface area contributed by atoms with Crippen molar-refractivity contribution in [3.8, 4) is 63.4 Å². The van der Waals surface area contributed by atoms with Crippen molar-refractivity contribution in [3.05, 3.63) is 182 Å². The molecule has 0 spiro atoms. The van der Waals surface area contributed by atoms with Gasteiger partial charge in [-0.3, -0.25) is 4.98 Å². The summed E-state index contributed by atoms with van der Waals surface area (Å²) in [5.74, 6) is 12.6. The van der Waals surface area contributed by atoms with Gasteiger partial charge in [0.25, 0.3) is 0 Å². The van der Waals surface area contributed by atoms with Gasteiger partial charge in [0.1, 0.15) is 56.0 Å². The Morgan fingerprint density at radius 3 is 1.31 bits per heavy atom. The number of hydrogen-bond donors (Lipinski definition) is 12. The first kappa shape index (κ1) is 115. The molecule has 1 aliphatic rings. The van der Waals surface area contributed by atoms with Gasteiger partial charge in [0.05, 0.1) is 59.9 Å². The van der Waals surface area contributed by atoms with Gasteiger partial charge in [-0.05, 0) is 153 Å². The van der Waals surface area contributed by atoms with Gasteiger partial charge in [0, 0.05) is 159 Å². The Balaban J connectivity index is 0.000000210. The number of aromatic nitrogens is 18. The van der Waals surface area contributed by atoms with Gasteiger partial charge in [-0.15, -0.1) is 33.8 Å². The molecular weight excluding hydrogens is 1950 g/mol. The standard InChI is InChI=1S/C19H29N5O2S.C17H26N6OS.C17H25N5O3.C16H23BrN6O.C14H17ClN4.C14H16N8O/c1-5-6-13(7-8-25)23-19-22-11-16(18(20)24-19)26-15-9-17(27-4)21-10-14(15)12(2)3;1-11(2)12-9-20-15(25-5)8-13(12)24-14-10-21-17(18)22-16(14)19-6-7-23(3)4;1-5-11(23)7-20-17-21-9-14(16(18)22-17)25-13-6-15(24-4)19-8-12(13)10(2)3;1-10(2)11-8-20-14(17)7-12(11)24-13-9-21-16(18)22-15(13)19-5-6-23(3)4;1-8(2)12-7-18-13(15)5-10(12)4-11-6-17-9(3)19-14(11)16;1-7(2)9-5-17-10(14-19-21-22-20-14)4-11(9)23-12-6-16-8(3)18-13(12)15/h9-13,25H,5-8H2,1-4H3,(H3,20,22,23,24);8-11H,6-7H2,1-5H3,(H3,18,19,21,22);6,8-11,23H,5,7H2,1-4H3,(H3,18,20,21,22);7-10H,5-6H2,1-4H3,(H3,18,19,21,22);5-8H,4H2,1-3H3,(H2,16,17,19);4-7,14H,1-3H3,(H2,15,16,18). The number of nitrogens with two attached hydrogens (primary N) is 6. The second-order valence-corrected chi connectivity index (χ2v) is 37.8. The highest BCUT2D eigenvalue weighted by Crippen LogP contribution is 2.42. The smallest absolute Gasteiger partial charge is 0.227 e. The zero-order valence-corrected chi connectivity index (χ0v) is 89.5. The van der Waals surface area contributed by atoms with Gasteiger partial charge in [0.15, 0.2) is 57.8 Å². The molecule has 0 amide bonds. The van der Waals surface area contributed by atoms with E-state index in [0.717, 1.165) is 99.5 Å². The molecule has 0 fully saturated rings. The molecule has 0 radical (unpaired) electrons. The van der Waals surface area contributed by atoms with Crippen LogP contribution in [0.3, 0.4) is 0 Å². The van der Waals surface area contributed by atoms with Gasteiger partial charge in [-0.25, -0.2) is 64.8 Å². The Hall–Kier alpha value is -13.3. The van der Waals surface area contributed by atoms with Crippen LogP contribution >= 0.6 is 51.1 Å². The Kier molecular flexibility index (Phi) is 46.4. The van der Waals surface area contributed by atoms with Gasteiger partial charge in [0.2, 0.25) is 35.8 Å². The number of aryl methyl sites for hydroxylation is 2. The second-order valence-electron chi connectivity index (χ2n) is 34.9. The summed E-state index contributed by atoms with van der Waals surface area (Å²) in [5.41, 5.74) is 44.1. The van der Waals surface area contributed by atoms with Crippen molar-refractivity contribution in [3.63, 3.8) is 0 Å². The summed E-state index contributed by atoms with van der Waals surface area (Å²) in [6.07, 6.45) is 27.2. The van der Waals surface area contributed by atoms with Gasteiger partial charge in [-0.2, -0.15) is 19.9 Å².